The maximum Gasteiger partial charge on any atom is 0.191 e. The molecule has 1 aromatic rings. The van der Waals surface area contributed by atoms with Gasteiger partial charge in [0.2, 0.25) is 0 Å². The van der Waals surface area contributed by atoms with Crippen LogP contribution in [0.1, 0.15) is 38.3 Å². The number of nitrogens with one attached hydrogen (secondary N) is 2. The number of ether oxygens (including phenoxy) is 1. The molecule has 0 fully saturated rings. The third-order valence-corrected chi connectivity index (χ3v) is 3.17. The molecule has 1 aromatic carbocycles. The van der Waals surface area contributed by atoms with Crippen LogP contribution in [0.25, 0.3) is 0 Å². The molecule has 0 spiro atoms. The molecule has 1 atom stereocenters. The van der Waals surface area contributed by atoms with Gasteiger partial charge in [-0.1, -0.05) is 31.2 Å². The zero-order valence-corrected chi connectivity index (χ0v) is 15.8. The molecule has 0 saturated heterocycles. The Bertz CT molecular complexity index is 424. The summed E-state index contributed by atoms with van der Waals surface area (Å²) in [6, 6.07) is 8.68. The second-order valence-corrected chi connectivity index (χ2v) is 4.85. The van der Waals surface area contributed by atoms with Crippen LogP contribution in [0.3, 0.4) is 0 Å². The molecule has 0 aliphatic heterocycles. The number of methoxy groups -OCH3 is 1. The summed E-state index contributed by atoms with van der Waals surface area (Å²) in [5.74, 6) is 0.870. The maximum atomic E-state index is 5.23. The highest BCUT2D eigenvalue weighted by molar-refractivity contribution is 14.0. The van der Waals surface area contributed by atoms with Gasteiger partial charge < -0.3 is 15.4 Å². The molecule has 0 saturated carbocycles. The van der Waals surface area contributed by atoms with Crippen LogP contribution in [0.4, 0.5) is 0 Å². The highest BCUT2D eigenvalue weighted by Crippen LogP contribution is 2.11. The first-order chi connectivity index (χ1) is 9.71. The third kappa shape index (κ3) is 7.66. The summed E-state index contributed by atoms with van der Waals surface area (Å²) in [7, 11) is 1.72. The van der Waals surface area contributed by atoms with Gasteiger partial charge in [-0.05, 0) is 31.4 Å². The summed E-state index contributed by atoms with van der Waals surface area (Å²) in [5.41, 5.74) is 2.40. The second kappa shape index (κ2) is 11.8. The lowest BCUT2D eigenvalue weighted by Crippen LogP contribution is -2.41. The Labute approximate surface area is 145 Å². The van der Waals surface area contributed by atoms with Crippen molar-refractivity contribution < 1.29 is 4.74 Å². The normalized spacial score (nSPS) is 12.5. The number of hydrogen-bond donors (Lipinski definition) is 2. The Morgan fingerprint density at radius 3 is 2.48 bits per heavy atom. The third-order valence-electron chi connectivity index (χ3n) is 3.17. The van der Waals surface area contributed by atoms with Crippen molar-refractivity contribution in [3.63, 3.8) is 0 Å². The second-order valence-electron chi connectivity index (χ2n) is 4.85. The number of halogens is 1. The van der Waals surface area contributed by atoms with E-state index in [2.05, 4.69) is 48.5 Å². The van der Waals surface area contributed by atoms with E-state index in [9.17, 15) is 0 Å². The Morgan fingerprint density at radius 1 is 1.24 bits per heavy atom. The molecule has 0 aromatic heterocycles. The molecule has 5 heteroatoms. The van der Waals surface area contributed by atoms with Gasteiger partial charge >= 0.3 is 0 Å². The Hall–Kier alpha value is -0.820. The van der Waals surface area contributed by atoms with E-state index in [-0.39, 0.29) is 24.0 Å². The molecule has 0 radical (unpaired) electrons. The van der Waals surface area contributed by atoms with Crippen molar-refractivity contribution in [2.75, 3.05) is 13.7 Å². The zero-order valence-electron chi connectivity index (χ0n) is 13.5. The summed E-state index contributed by atoms with van der Waals surface area (Å²) >= 11 is 0. The number of rotatable bonds is 7. The minimum Gasteiger partial charge on any atom is -0.380 e. The van der Waals surface area contributed by atoms with Crippen LogP contribution in [-0.2, 0) is 17.9 Å². The first kappa shape index (κ1) is 20.2. The monoisotopic (exact) mass is 405 g/mol. The minimum absolute atomic E-state index is 0. The van der Waals surface area contributed by atoms with Crippen molar-refractivity contribution >= 4 is 29.9 Å². The molecule has 0 bridgehead atoms. The summed E-state index contributed by atoms with van der Waals surface area (Å²) in [4.78, 5) is 4.65. The molecule has 1 rings (SSSR count). The predicted octanol–water partition coefficient (Wildman–Crippen LogP) is 3.30. The standard InChI is InChI=1S/C16H27N3O.HI/c1-5-13(3)19-16(17-6-2)18-11-14-9-7-8-10-15(14)12-20-4;/h7-10,13H,5-6,11-12H2,1-4H3,(H2,17,18,19);1H. The van der Waals surface area contributed by atoms with Crippen molar-refractivity contribution in [3.05, 3.63) is 35.4 Å². The summed E-state index contributed by atoms with van der Waals surface area (Å²) in [6.45, 7) is 8.54. The van der Waals surface area contributed by atoms with Crippen molar-refractivity contribution in [2.45, 2.75) is 46.4 Å². The van der Waals surface area contributed by atoms with Gasteiger partial charge in [0.05, 0.1) is 13.2 Å². The van der Waals surface area contributed by atoms with E-state index in [1.54, 1.807) is 7.11 Å². The summed E-state index contributed by atoms with van der Waals surface area (Å²) in [5, 5.41) is 6.67. The molecule has 0 aliphatic carbocycles. The van der Waals surface area contributed by atoms with Crippen LogP contribution >= 0.6 is 24.0 Å². The average Bonchev–Trinajstić information content (AvgIpc) is 2.46. The molecule has 0 aliphatic rings. The minimum atomic E-state index is 0. The number of hydrogen-bond acceptors (Lipinski definition) is 2. The predicted molar refractivity (Wildman–Crippen MR) is 100 cm³/mol. The average molecular weight is 405 g/mol. The summed E-state index contributed by atoms with van der Waals surface area (Å²) < 4.78 is 5.23. The van der Waals surface area contributed by atoms with Crippen molar-refractivity contribution in [3.8, 4) is 0 Å². The van der Waals surface area contributed by atoms with Gasteiger partial charge in [-0.25, -0.2) is 4.99 Å². The van der Waals surface area contributed by atoms with Crippen LogP contribution in [0.5, 0.6) is 0 Å². The molecule has 2 N–H and O–H groups in total. The SMILES string of the molecule is CCNC(=NCc1ccccc1COC)NC(C)CC.I. The van der Waals surface area contributed by atoms with E-state index in [1.807, 2.05) is 12.1 Å². The van der Waals surface area contributed by atoms with Crippen molar-refractivity contribution in [1.29, 1.82) is 0 Å². The van der Waals surface area contributed by atoms with Gasteiger partial charge in [0.15, 0.2) is 5.96 Å². The molecule has 120 valence electrons. The number of benzene rings is 1. The van der Waals surface area contributed by atoms with Gasteiger partial charge in [-0.15, -0.1) is 24.0 Å². The van der Waals surface area contributed by atoms with Gasteiger partial charge in [-0.2, -0.15) is 0 Å². The number of nitrogens with zero attached hydrogens (tertiary/aromatic N) is 1. The van der Waals surface area contributed by atoms with Crippen LogP contribution in [0, 0.1) is 0 Å². The fourth-order valence-corrected chi connectivity index (χ4v) is 1.83. The lowest BCUT2D eigenvalue weighted by molar-refractivity contribution is 0.184. The van der Waals surface area contributed by atoms with Crippen molar-refractivity contribution in [2.24, 2.45) is 4.99 Å². The Morgan fingerprint density at radius 2 is 1.90 bits per heavy atom. The van der Waals surface area contributed by atoms with Crippen LogP contribution < -0.4 is 10.6 Å². The van der Waals surface area contributed by atoms with Crippen molar-refractivity contribution in [1.82, 2.24) is 10.6 Å². The van der Waals surface area contributed by atoms with E-state index in [4.69, 9.17) is 4.74 Å². The first-order valence-corrected chi connectivity index (χ1v) is 7.31. The fourth-order valence-electron chi connectivity index (χ4n) is 1.83. The van der Waals surface area contributed by atoms with E-state index in [0.29, 0.717) is 19.2 Å². The van der Waals surface area contributed by atoms with Gasteiger partial charge in [0, 0.05) is 19.7 Å². The zero-order chi connectivity index (χ0) is 14.8. The van der Waals surface area contributed by atoms with Gasteiger partial charge in [0.1, 0.15) is 0 Å². The van der Waals surface area contributed by atoms with Gasteiger partial charge in [-0.3, -0.25) is 0 Å². The molecular weight excluding hydrogens is 377 g/mol. The molecule has 4 nitrogen and oxygen atoms in total. The van der Waals surface area contributed by atoms with E-state index < -0.39 is 0 Å². The Kier molecular flexibility index (Phi) is 11.3. The molecular formula is C16H28IN3O. The van der Waals surface area contributed by atoms with Crippen LogP contribution in [-0.4, -0.2) is 25.7 Å². The lowest BCUT2D eigenvalue weighted by Gasteiger charge is -2.16. The molecule has 0 heterocycles. The van der Waals surface area contributed by atoms with Gasteiger partial charge in [0.25, 0.3) is 0 Å². The van der Waals surface area contributed by atoms with E-state index in [1.165, 1.54) is 11.1 Å². The largest absolute Gasteiger partial charge is 0.380 e. The highest BCUT2D eigenvalue weighted by Gasteiger charge is 2.04. The quantitative estimate of drug-likeness (QED) is 0.416. The molecule has 1 unspecified atom stereocenters. The first-order valence-electron chi connectivity index (χ1n) is 7.31. The maximum absolute atomic E-state index is 5.23. The van der Waals surface area contributed by atoms with Crippen LogP contribution in [0.2, 0.25) is 0 Å². The molecule has 21 heavy (non-hydrogen) atoms. The van der Waals surface area contributed by atoms with Crippen LogP contribution in [0.15, 0.2) is 29.3 Å². The number of aliphatic imine (C=N–C) groups is 1. The molecule has 0 amide bonds. The lowest BCUT2D eigenvalue weighted by atomic mass is 10.1. The Balaban J connectivity index is 0.00000400. The van der Waals surface area contributed by atoms with E-state index in [0.717, 1.165) is 18.9 Å². The number of guanidine groups is 1. The summed E-state index contributed by atoms with van der Waals surface area (Å²) in [6.07, 6.45) is 1.07. The smallest absolute Gasteiger partial charge is 0.191 e. The fraction of sp³-hybridized carbons (Fsp3) is 0.562. The highest BCUT2D eigenvalue weighted by atomic mass is 127. The topological polar surface area (TPSA) is 45.7 Å². The van der Waals surface area contributed by atoms with E-state index >= 15 is 0 Å².